The van der Waals surface area contributed by atoms with Gasteiger partial charge in [-0.3, -0.25) is 0 Å². The maximum atomic E-state index is 5.98. The van der Waals surface area contributed by atoms with E-state index in [0.717, 1.165) is 37.8 Å². The zero-order valence-electron chi connectivity index (χ0n) is 14.0. The third-order valence-corrected chi connectivity index (χ3v) is 3.91. The number of ether oxygens (including phenoxy) is 1. The molecule has 1 heterocycles. The van der Waals surface area contributed by atoms with Crippen molar-refractivity contribution in [3.05, 3.63) is 23.9 Å². The molecule has 0 aliphatic heterocycles. The first-order valence-corrected chi connectivity index (χ1v) is 8.43. The SMILES string of the molecule is CCCCNC(N)=NCc1ccnc(OC2CCCCC2)c1.I. The minimum absolute atomic E-state index is 0. The van der Waals surface area contributed by atoms with Crippen LogP contribution in [0.2, 0.25) is 0 Å². The van der Waals surface area contributed by atoms with Crippen LogP contribution in [0.1, 0.15) is 57.4 Å². The number of aliphatic imine (C=N–C) groups is 1. The van der Waals surface area contributed by atoms with Crippen LogP contribution in [0.5, 0.6) is 5.88 Å². The number of hydrogen-bond acceptors (Lipinski definition) is 3. The van der Waals surface area contributed by atoms with E-state index in [9.17, 15) is 0 Å². The molecule has 0 atom stereocenters. The van der Waals surface area contributed by atoms with Gasteiger partial charge in [-0.25, -0.2) is 9.98 Å². The normalized spacial score (nSPS) is 15.8. The lowest BCUT2D eigenvalue weighted by atomic mass is 9.98. The number of rotatable bonds is 7. The molecule has 1 aliphatic carbocycles. The summed E-state index contributed by atoms with van der Waals surface area (Å²) < 4.78 is 5.98. The van der Waals surface area contributed by atoms with Crippen molar-refractivity contribution in [3.8, 4) is 5.88 Å². The van der Waals surface area contributed by atoms with Crippen molar-refractivity contribution in [1.82, 2.24) is 10.3 Å². The lowest BCUT2D eigenvalue weighted by Gasteiger charge is -2.22. The van der Waals surface area contributed by atoms with Gasteiger partial charge >= 0.3 is 0 Å². The largest absolute Gasteiger partial charge is 0.474 e. The molecule has 0 unspecified atom stereocenters. The number of unbranched alkanes of at least 4 members (excludes halogenated alkanes) is 1. The van der Waals surface area contributed by atoms with Gasteiger partial charge in [0.1, 0.15) is 6.10 Å². The summed E-state index contributed by atoms with van der Waals surface area (Å²) in [5.74, 6) is 1.21. The lowest BCUT2D eigenvalue weighted by Crippen LogP contribution is -2.32. The fraction of sp³-hybridized carbons (Fsp3) is 0.647. The summed E-state index contributed by atoms with van der Waals surface area (Å²) in [6, 6.07) is 3.92. The van der Waals surface area contributed by atoms with Gasteiger partial charge in [0.25, 0.3) is 0 Å². The molecule has 0 aromatic carbocycles. The van der Waals surface area contributed by atoms with E-state index < -0.39 is 0 Å². The molecule has 5 nitrogen and oxygen atoms in total. The summed E-state index contributed by atoms with van der Waals surface area (Å²) in [5.41, 5.74) is 6.91. The Kier molecular flexibility index (Phi) is 9.98. The van der Waals surface area contributed by atoms with Crippen LogP contribution in [0, 0.1) is 0 Å². The molecule has 6 heteroatoms. The highest BCUT2D eigenvalue weighted by atomic mass is 127. The van der Waals surface area contributed by atoms with Gasteiger partial charge in [0.2, 0.25) is 5.88 Å². The molecule has 0 radical (unpaired) electrons. The van der Waals surface area contributed by atoms with Gasteiger partial charge < -0.3 is 15.8 Å². The van der Waals surface area contributed by atoms with Crippen molar-refractivity contribution in [2.24, 2.45) is 10.7 Å². The number of guanidine groups is 1. The highest BCUT2D eigenvalue weighted by molar-refractivity contribution is 14.0. The van der Waals surface area contributed by atoms with Crippen LogP contribution in [0.15, 0.2) is 23.3 Å². The van der Waals surface area contributed by atoms with Crippen LogP contribution in [-0.2, 0) is 6.54 Å². The van der Waals surface area contributed by atoms with Gasteiger partial charge in [-0.1, -0.05) is 19.8 Å². The van der Waals surface area contributed by atoms with Gasteiger partial charge in [-0.15, -0.1) is 24.0 Å². The van der Waals surface area contributed by atoms with Crippen LogP contribution in [0.3, 0.4) is 0 Å². The first-order chi connectivity index (χ1) is 10.8. The van der Waals surface area contributed by atoms with Crippen molar-refractivity contribution in [2.45, 2.75) is 64.5 Å². The van der Waals surface area contributed by atoms with Gasteiger partial charge in [-0.2, -0.15) is 0 Å². The summed E-state index contributed by atoms with van der Waals surface area (Å²) in [5, 5.41) is 3.11. The van der Waals surface area contributed by atoms with E-state index in [4.69, 9.17) is 10.5 Å². The van der Waals surface area contributed by atoms with E-state index >= 15 is 0 Å². The molecule has 1 fully saturated rings. The van der Waals surface area contributed by atoms with E-state index in [0.29, 0.717) is 24.5 Å². The number of nitrogens with two attached hydrogens (primary N) is 1. The zero-order valence-corrected chi connectivity index (χ0v) is 16.3. The standard InChI is InChI=1S/C17H28N4O.HI/c1-2-3-10-20-17(18)21-13-14-9-11-19-16(12-14)22-15-7-5-4-6-8-15;/h9,11-12,15H,2-8,10,13H2,1H3,(H3,18,20,21);1H. The van der Waals surface area contributed by atoms with Crippen molar-refractivity contribution in [1.29, 1.82) is 0 Å². The molecule has 1 saturated carbocycles. The van der Waals surface area contributed by atoms with E-state index in [1.165, 1.54) is 19.3 Å². The fourth-order valence-electron chi connectivity index (χ4n) is 2.59. The molecule has 0 spiro atoms. The Hall–Kier alpha value is -1.05. The Balaban J connectivity index is 0.00000264. The monoisotopic (exact) mass is 432 g/mol. The van der Waals surface area contributed by atoms with Gasteiger partial charge in [0.15, 0.2) is 5.96 Å². The maximum Gasteiger partial charge on any atom is 0.213 e. The highest BCUT2D eigenvalue weighted by Crippen LogP contribution is 2.22. The first-order valence-electron chi connectivity index (χ1n) is 8.43. The smallest absolute Gasteiger partial charge is 0.213 e. The topological polar surface area (TPSA) is 72.5 Å². The second-order valence-electron chi connectivity index (χ2n) is 5.86. The maximum absolute atomic E-state index is 5.98. The van der Waals surface area contributed by atoms with Crippen LogP contribution in [0.25, 0.3) is 0 Å². The molecule has 1 aliphatic rings. The molecular formula is C17H29IN4O. The van der Waals surface area contributed by atoms with Crippen molar-refractivity contribution in [3.63, 3.8) is 0 Å². The summed E-state index contributed by atoms with van der Waals surface area (Å²) in [6.45, 7) is 3.58. The van der Waals surface area contributed by atoms with Crippen LogP contribution in [-0.4, -0.2) is 23.6 Å². The highest BCUT2D eigenvalue weighted by Gasteiger charge is 2.15. The second kappa shape index (κ2) is 11.5. The average molecular weight is 432 g/mol. The number of aromatic nitrogens is 1. The predicted octanol–water partition coefficient (Wildman–Crippen LogP) is 3.62. The van der Waals surface area contributed by atoms with Crippen LogP contribution < -0.4 is 15.8 Å². The number of pyridine rings is 1. The Morgan fingerprint density at radius 2 is 2.17 bits per heavy atom. The molecule has 23 heavy (non-hydrogen) atoms. The molecule has 0 amide bonds. The number of halogens is 1. The average Bonchev–Trinajstić information content (AvgIpc) is 2.55. The van der Waals surface area contributed by atoms with E-state index in [1.54, 1.807) is 6.20 Å². The number of nitrogens with one attached hydrogen (secondary N) is 1. The fourth-order valence-corrected chi connectivity index (χ4v) is 2.59. The third kappa shape index (κ3) is 7.85. The van der Waals surface area contributed by atoms with Gasteiger partial charge in [0, 0.05) is 18.8 Å². The summed E-state index contributed by atoms with van der Waals surface area (Å²) >= 11 is 0. The molecule has 0 bridgehead atoms. The van der Waals surface area contributed by atoms with Crippen LogP contribution in [0.4, 0.5) is 0 Å². The van der Waals surface area contributed by atoms with Crippen LogP contribution >= 0.6 is 24.0 Å². The summed E-state index contributed by atoms with van der Waals surface area (Å²) in [4.78, 5) is 8.66. The van der Waals surface area contributed by atoms with E-state index in [-0.39, 0.29) is 24.0 Å². The molecule has 3 N–H and O–H groups in total. The molecule has 0 saturated heterocycles. The molecule has 130 valence electrons. The summed E-state index contributed by atoms with van der Waals surface area (Å²) in [7, 11) is 0. The third-order valence-electron chi connectivity index (χ3n) is 3.91. The molecule has 2 rings (SSSR count). The minimum Gasteiger partial charge on any atom is -0.474 e. The molecular weight excluding hydrogens is 403 g/mol. The van der Waals surface area contributed by atoms with Crippen molar-refractivity contribution < 1.29 is 4.74 Å². The lowest BCUT2D eigenvalue weighted by molar-refractivity contribution is 0.148. The quantitative estimate of drug-likeness (QED) is 0.299. The number of hydrogen-bond donors (Lipinski definition) is 2. The zero-order chi connectivity index (χ0) is 15.6. The Morgan fingerprint density at radius 1 is 1.39 bits per heavy atom. The van der Waals surface area contributed by atoms with E-state index in [1.807, 2.05) is 12.1 Å². The molecule has 1 aromatic heterocycles. The Bertz CT molecular complexity index is 475. The predicted molar refractivity (Wildman–Crippen MR) is 105 cm³/mol. The Morgan fingerprint density at radius 3 is 2.91 bits per heavy atom. The number of nitrogens with zero attached hydrogens (tertiary/aromatic N) is 2. The minimum atomic E-state index is 0. The second-order valence-corrected chi connectivity index (χ2v) is 5.86. The van der Waals surface area contributed by atoms with Crippen molar-refractivity contribution in [2.75, 3.05) is 6.54 Å². The molecule has 1 aromatic rings. The van der Waals surface area contributed by atoms with E-state index in [2.05, 4.69) is 22.2 Å². The first kappa shape index (κ1) is 20.0. The van der Waals surface area contributed by atoms with Gasteiger partial charge in [-0.05, 0) is 43.7 Å². The summed E-state index contributed by atoms with van der Waals surface area (Å²) in [6.07, 6.45) is 10.5. The van der Waals surface area contributed by atoms with Gasteiger partial charge in [0.05, 0.1) is 6.54 Å². The van der Waals surface area contributed by atoms with Crippen molar-refractivity contribution >= 4 is 29.9 Å². The Labute approximate surface area is 156 Å².